The van der Waals surface area contributed by atoms with Crippen LogP contribution < -0.4 is 10.4 Å². The number of benzene rings is 4. The minimum Gasteiger partial charge on any atom is -0.497 e. The van der Waals surface area contributed by atoms with Gasteiger partial charge >= 0.3 is 0 Å². The van der Waals surface area contributed by atoms with Gasteiger partial charge in [0.05, 0.1) is 12.8 Å². The quantitative estimate of drug-likeness (QED) is 0.188. The number of aliphatic imine (C=N–C) groups is 1. The second-order valence-corrected chi connectivity index (χ2v) is 8.31. The zero-order valence-corrected chi connectivity index (χ0v) is 20.1. The molecule has 36 heavy (non-hydrogen) atoms. The summed E-state index contributed by atoms with van der Waals surface area (Å²) in [4.78, 5) is 9.71. The molecule has 6 nitrogen and oxygen atoms in total. The van der Waals surface area contributed by atoms with E-state index in [1.54, 1.807) is 7.11 Å². The lowest BCUT2D eigenvalue weighted by Gasteiger charge is -2.06. The van der Waals surface area contributed by atoms with Gasteiger partial charge in [0.2, 0.25) is 0 Å². The summed E-state index contributed by atoms with van der Waals surface area (Å²) in [6, 6.07) is 35.0. The molecule has 0 radical (unpaired) electrons. The molecule has 0 aliphatic rings. The Morgan fingerprint density at radius 1 is 0.778 bits per heavy atom. The van der Waals surface area contributed by atoms with Crippen LogP contribution in [-0.2, 0) is 0 Å². The van der Waals surface area contributed by atoms with Crippen LogP contribution in [-0.4, -0.2) is 27.5 Å². The van der Waals surface area contributed by atoms with Crippen molar-refractivity contribution in [2.24, 2.45) is 9.98 Å². The Kier molecular flexibility index (Phi) is 6.49. The molecule has 0 saturated carbocycles. The first-order valence-electron chi connectivity index (χ1n) is 11.6. The van der Waals surface area contributed by atoms with Crippen molar-refractivity contribution in [1.82, 2.24) is 9.30 Å². The maximum atomic E-state index is 11.4. The second-order valence-electron chi connectivity index (χ2n) is 8.31. The van der Waals surface area contributed by atoms with Crippen LogP contribution in [0.5, 0.6) is 5.75 Å². The number of imidazole rings is 1. The Labute approximate surface area is 209 Å². The van der Waals surface area contributed by atoms with Crippen molar-refractivity contribution in [3.63, 3.8) is 0 Å². The average molecular weight is 475 g/mol. The van der Waals surface area contributed by atoms with Crippen LogP contribution in [0.4, 0.5) is 5.69 Å². The second kappa shape index (κ2) is 10.2. The third kappa shape index (κ3) is 4.83. The number of methoxy groups -OCH3 is 1. The molecular formula is C30H26N4O2. The minimum absolute atomic E-state index is 0.314. The lowest BCUT2D eigenvalue weighted by Crippen LogP contribution is -2.26. The summed E-state index contributed by atoms with van der Waals surface area (Å²) in [6.07, 6.45) is 1.87. The first-order valence-corrected chi connectivity index (χ1v) is 11.6. The Morgan fingerprint density at radius 3 is 2.06 bits per heavy atom. The molecule has 0 spiro atoms. The summed E-state index contributed by atoms with van der Waals surface area (Å²) in [7, 11) is 1.63. The molecule has 6 heteroatoms. The van der Waals surface area contributed by atoms with Crippen molar-refractivity contribution in [3.8, 4) is 22.7 Å². The summed E-state index contributed by atoms with van der Waals surface area (Å²) in [6.45, 7) is 2.03. The highest BCUT2D eigenvalue weighted by Crippen LogP contribution is 2.21. The van der Waals surface area contributed by atoms with Crippen molar-refractivity contribution in [1.29, 1.82) is 0 Å². The van der Waals surface area contributed by atoms with Gasteiger partial charge in [-0.1, -0.05) is 78.4 Å². The summed E-state index contributed by atoms with van der Waals surface area (Å²) < 4.78 is 8.28. The van der Waals surface area contributed by atoms with Gasteiger partial charge in [-0.15, -0.1) is 4.73 Å². The van der Waals surface area contributed by atoms with Crippen LogP contribution in [0.25, 0.3) is 16.9 Å². The van der Waals surface area contributed by atoms with E-state index in [-0.39, 0.29) is 0 Å². The molecule has 0 fully saturated rings. The van der Waals surface area contributed by atoms with Gasteiger partial charge in [-0.3, -0.25) is 4.57 Å². The van der Waals surface area contributed by atoms with Crippen LogP contribution in [0.3, 0.4) is 0 Å². The van der Waals surface area contributed by atoms with Crippen LogP contribution in [0, 0.1) is 6.92 Å². The zero-order chi connectivity index (χ0) is 24.9. The first-order chi connectivity index (χ1) is 17.6. The highest BCUT2D eigenvalue weighted by Gasteiger charge is 2.14. The van der Waals surface area contributed by atoms with Gasteiger partial charge in [0.15, 0.2) is 5.84 Å². The number of amidine groups is 1. The number of ether oxygens (including phenoxy) is 1. The van der Waals surface area contributed by atoms with Gasteiger partial charge in [0.25, 0.3) is 5.62 Å². The van der Waals surface area contributed by atoms with Gasteiger partial charge in [0.1, 0.15) is 11.4 Å². The molecule has 0 aliphatic carbocycles. The lowest BCUT2D eigenvalue weighted by molar-refractivity contribution is 0.176. The van der Waals surface area contributed by atoms with Crippen molar-refractivity contribution in [3.05, 3.63) is 132 Å². The van der Waals surface area contributed by atoms with Crippen LogP contribution in [0.2, 0.25) is 0 Å². The van der Waals surface area contributed by atoms with E-state index in [2.05, 4.69) is 0 Å². The van der Waals surface area contributed by atoms with Crippen molar-refractivity contribution in [2.45, 2.75) is 6.92 Å². The zero-order valence-electron chi connectivity index (χ0n) is 20.1. The molecule has 0 atom stereocenters. The Balaban J connectivity index is 1.76. The van der Waals surface area contributed by atoms with Crippen molar-refractivity contribution in [2.75, 3.05) is 7.11 Å². The van der Waals surface area contributed by atoms with E-state index < -0.39 is 0 Å². The maximum absolute atomic E-state index is 11.4. The first kappa shape index (κ1) is 22.9. The van der Waals surface area contributed by atoms with Gasteiger partial charge in [-0.25, -0.2) is 4.99 Å². The molecule has 0 aliphatic heterocycles. The molecule has 1 N–H and O–H groups in total. The molecule has 0 unspecified atom stereocenters. The number of para-hydroxylation sites is 1. The van der Waals surface area contributed by atoms with E-state index in [1.807, 2.05) is 127 Å². The van der Waals surface area contributed by atoms with E-state index in [0.29, 0.717) is 17.1 Å². The van der Waals surface area contributed by atoms with Gasteiger partial charge in [-0.05, 0) is 43.3 Å². The minimum atomic E-state index is 0.314. The largest absolute Gasteiger partial charge is 0.497 e. The molecule has 0 amide bonds. The van der Waals surface area contributed by atoms with E-state index in [4.69, 9.17) is 14.7 Å². The van der Waals surface area contributed by atoms with Gasteiger partial charge in [-0.2, -0.15) is 4.99 Å². The fraction of sp³-hybridized carbons (Fsp3) is 0.0667. The van der Waals surface area contributed by atoms with E-state index in [1.165, 1.54) is 0 Å². The SMILES string of the molecule is COc1ccc(-n2cc(-c3ccc(C)cc3)n(O)c2=NC(=Nc2ccccc2)c2ccccc2)cc1. The van der Waals surface area contributed by atoms with E-state index in [0.717, 1.165) is 38.5 Å². The standard InChI is InChI=1S/C30H26N4O2/c1-22-13-15-23(16-14-22)28-21-33(26-17-19-27(36-2)20-18-26)30(34(28)35)32-29(24-9-5-3-6-10-24)31-25-11-7-4-8-12-25/h3-21,35H,1-2H3. The lowest BCUT2D eigenvalue weighted by atomic mass is 10.1. The van der Waals surface area contributed by atoms with E-state index in [9.17, 15) is 5.21 Å². The molecule has 1 aromatic heterocycles. The van der Waals surface area contributed by atoms with Gasteiger partial charge in [0, 0.05) is 23.0 Å². The highest BCUT2D eigenvalue weighted by molar-refractivity contribution is 6.00. The fourth-order valence-corrected chi connectivity index (χ4v) is 3.86. The predicted octanol–water partition coefficient (Wildman–Crippen LogP) is 6.18. The molecule has 0 saturated heterocycles. The monoisotopic (exact) mass is 474 g/mol. The number of hydrogen-bond donors (Lipinski definition) is 1. The van der Waals surface area contributed by atoms with Crippen LogP contribution in [0.1, 0.15) is 11.1 Å². The van der Waals surface area contributed by atoms with Gasteiger partial charge < -0.3 is 9.94 Å². The predicted molar refractivity (Wildman–Crippen MR) is 142 cm³/mol. The molecule has 178 valence electrons. The number of aryl methyl sites for hydroxylation is 1. The summed E-state index contributed by atoms with van der Waals surface area (Å²) >= 11 is 0. The van der Waals surface area contributed by atoms with E-state index >= 15 is 0 Å². The summed E-state index contributed by atoms with van der Waals surface area (Å²) in [5.41, 5.74) is 5.36. The molecule has 5 rings (SSSR count). The molecule has 0 bridgehead atoms. The third-order valence-electron chi connectivity index (χ3n) is 5.81. The average Bonchev–Trinajstić information content (AvgIpc) is 3.25. The number of aromatic nitrogens is 2. The molecular weight excluding hydrogens is 448 g/mol. The molecule has 5 aromatic rings. The Bertz CT molecular complexity index is 1550. The van der Waals surface area contributed by atoms with Crippen LogP contribution >= 0.6 is 0 Å². The fourth-order valence-electron chi connectivity index (χ4n) is 3.86. The topological polar surface area (TPSA) is 64.0 Å². The molecule has 1 heterocycles. The summed E-state index contributed by atoms with van der Waals surface area (Å²) in [5.74, 6) is 1.23. The third-order valence-corrected chi connectivity index (χ3v) is 5.81. The smallest absolute Gasteiger partial charge is 0.250 e. The highest BCUT2D eigenvalue weighted by atomic mass is 16.5. The number of nitrogens with zero attached hydrogens (tertiary/aromatic N) is 4. The number of hydrogen-bond acceptors (Lipinski definition) is 3. The Hall–Kier alpha value is -4.84. The number of rotatable bonds is 5. The van der Waals surface area contributed by atoms with Crippen molar-refractivity contribution >= 4 is 11.5 Å². The normalized spacial score (nSPS) is 12.1. The van der Waals surface area contributed by atoms with Crippen molar-refractivity contribution < 1.29 is 9.94 Å². The van der Waals surface area contributed by atoms with Crippen LogP contribution in [0.15, 0.2) is 125 Å². The maximum Gasteiger partial charge on any atom is 0.250 e. The Morgan fingerprint density at radius 2 is 1.42 bits per heavy atom. The molecule has 4 aromatic carbocycles. The summed E-state index contributed by atoms with van der Waals surface area (Å²) in [5, 5.41) is 11.4.